The fourth-order valence-corrected chi connectivity index (χ4v) is 3.76. The van der Waals surface area contributed by atoms with Crippen LogP contribution < -0.4 is 5.14 Å². The van der Waals surface area contributed by atoms with Crippen molar-refractivity contribution in [2.24, 2.45) is 5.14 Å². The number of aryl methyl sites for hydroxylation is 2. The summed E-state index contributed by atoms with van der Waals surface area (Å²) >= 11 is 0. The normalized spacial score (nSPS) is 12.0. The van der Waals surface area contributed by atoms with E-state index in [1.807, 2.05) is 18.5 Å². The molecule has 1 heterocycles. The van der Waals surface area contributed by atoms with Crippen LogP contribution in [0, 0.1) is 0 Å². The first-order chi connectivity index (χ1) is 9.95. The number of primary sulfonamides is 1. The fraction of sp³-hybridized carbons (Fsp3) is 0.800. The Balaban J connectivity index is 2.77. The highest BCUT2D eigenvalue weighted by molar-refractivity contribution is 7.89. The van der Waals surface area contributed by atoms with Gasteiger partial charge < -0.3 is 0 Å². The smallest absolute Gasteiger partial charge is 0.241 e. The average Bonchev–Trinajstić information content (AvgIpc) is 2.80. The molecule has 2 N–H and O–H groups in total. The molecule has 5 nitrogen and oxygen atoms in total. The number of hydrogen-bond acceptors (Lipinski definition) is 3. The van der Waals surface area contributed by atoms with E-state index in [0.29, 0.717) is 18.5 Å². The Kier molecular flexibility index (Phi) is 7.39. The van der Waals surface area contributed by atoms with Gasteiger partial charge in [-0.3, -0.25) is 4.68 Å². The van der Waals surface area contributed by atoms with Gasteiger partial charge in [0.1, 0.15) is 4.90 Å². The van der Waals surface area contributed by atoms with Crippen molar-refractivity contribution in [3.8, 4) is 0 Å². The molecule has 6 heteroatoms. The summed E-state index contributed by atoms with van der Waals surface area (Å²) in [7, 11) is -3.69. The van der Waals surface area contributed by atoms with Gasteiger partial charge in [0.05, 0.1) is 11.4 Å². The Bertz CT molecular complexity index is 535. The second-order valence-electron chi connectivity index (χ2n) is 5.47. The SMILES string of the molecule is CCCCCCCCn1nc(CC)c(S(N)(=O)=O)c1CC. The second kappa shape index (κ2) is 8.54. The summed E-state index contributed by atoms with van der Waals surface area (Å²) in [5, 5.41) is 9.81. The number of aromatic nitrogens is 2. The van der Waals surface area contributed by atoms with Crippen molar-refractivity contribution in [2.45, 2.75) is 83.6 Å². The zero-order chi connectivity index (χ0) is 15.9. The first kappa shape index (κ1) is 18.2. The van der Waals surface area contributed by atoms with Crippen molar-refractivity contribution >= 4 is 10.0 Å². The van der Waals surface area contributed by atoms with Crippen LogP contribution in [0.15, 0.2) is 4.90 Å². The van der Waals surface area contributed by atoms with Gasteiger partial charge in [-0.25, -0.2) is 13.6 Å². The van der Waals surface area contributed by atoms with Crippen LogP contribution >= 0.6 is 0 Å². The molecule has 21 heavy (non-hydrogen) atoms. The van der Waals surface area contributed by atoms with Crippen LogP contribution in [0.25, 0.3) is 0 Å². The predicted octanol–water partition coefficient (Wildman–Crippen LogP) is 3.02. The molecular formula is C15H29N3O2S. The third kappa shape index (κ3) is 5.11. The van der Waals surface area contributed by atoms with Crippen LogP contribution in [0.1, 0.15) is 70.7 Å². The van der Waals surface area contributed by atoms with Gasteiger partial charge in [0.15, 0.2) is 0 Å². The summed E-state index contributed by atoms with van der Waals surface area (Å²) in [6, 6.07) is 0. The Morgan fingerprint density at radius 2 is 1.62 bits per heavy atom. The standard InChI is InChI=1S/C15H29N3O2S/c1-4-7-8-9-10-11-12-18-14(6-3)15(21(16,19)20)13(5-2)17-18/h4-12H2,1-3H3,(H2,16,19,20). The molecule has 0 aliphatic rings. The van der Waals surface area contributed by atoms with E-state index in [9.17, 15) is 8.42 Å². The van der Waals surface area contributed by atoms with Crippen LogP contribution in [0.5, 0.6) is 0 Å². The molecule has 0 bridgehead atoms. The molecule has 0 spiro atoms. The predicted molar refractivity (Wildman–Crippen MR) is 85.7 cm³/mol. The quantitative estimate of drug-likeness (QED) is 0.674. The van der Waals surface area contributed by atoms with Crippen LogP contribution in [0.4, 0.5) is 0 Å². The molecular weight excluding hydrogens is 286 g/mol. The van der Waals surface area contributed by atoms with Crippen molar-refractivity contribution in [1.29, 1.82) is 0 Å². The molecule has 0 aliphatic carbocycles. The number of rotatable bonds is 10. The van der Waals surface area contributed by atoms with Crippen LogP contribution in [0.3, 0.4) is 0 Å². The van der Waals surface area contributed by atoms with Gasteiger partial charge in [-0.2, -0.15) is 5.10 Å². The Labute approximate surface area is 129 Å². The molecule has 1 aromatic heterocycles. The second-order valence-corrected chi connectivity index (χ2v) is 6.96. The number of nitrogens with two attached hydrogens (primary N) is 1. The molecule has 122 valence electrons. The Morgan fingerprint density at radius 3 is 2.14 bits per heavy atom. The lowest BCUT2D eigenvalue weighted by atomic mass is 10.1. The van der Waals surface area contributed by atoms with E-state index in [1.165, 1.54) is 25.7 Å². The minimum Gasteiger partial charge on any atom is -0.268 e. The van der Waals surface area contributed by atoms with Crippen LogP contribution in [-0.2, 0) is 29.4 Å². The van der Waals surface area contributed by atoms with Gasteiger partial charge >= 0.3 is 0 Å². The maximum atomic E-state index is 11.8. The third-order valence-corrected chi connectivity index (χ3v) is 4.80. The van der Waals surface area contributed by atoms with Crippen LogP contribution in [-0.4, -0.2) is 18.2 Å². The summed E-state index contributed by atoms with van der Waals surface area (Å²) in [4.78, 5) is 0.249. The van der Waals surface area contributed by atoms with Crippen molar-refractivity contribution < 1.29 is 8.42 Å². The van der Waals surface area contributed by atoms with Crippen LogP contribution in [0.2, 0.25) is 0 Å². The number of hydrogen-bond donors (Lipinski definition) is 1. The maximum Gasteiger partial charge on any atom is 0.241 e. The lowest BCUT2D eigenvalue weighted by molar-refractivity contribution is 0.511. The lowest BCUT2D eigenvalue weighted by Crippen LogP contribution is -2.16. The topological polar surface area (TPSA) is 78.0 Å². The van der Waals surface area contributed by atoms with Gasteiger partial charge in [-0.1, -0.05) is 52.9 Å². The van der Waals surface area contributed by atoms with E-state index >= 15 is 0 Å². The van der Waals surface area contributed by atoms with E-state index in [4.69, 9.17) is 5.14 Å². The van der Waals surface area contributed by atoms with E-state index in [-0.39, 0.29) is 4.90 Å². The van der Waals surface area contributed by atoms with Gasteiger partial charge in [0, 0.05) is 6.54 Å². The van der Waals surface area contributed by atoms with Crippen molar-refractivity contribution in [3.05, 3.63) is 11.4 Å². The molecule has 0 unspecified atom stereocenters. The highest BCUT2D eigenvalue weighted by atomic mass is 32.2. The zero-order valence-corrected chi connectivity index (χ0v) is 14.4. The minimum atomic E-state index is -3.69. The molecule has 0 saturated carbocycles. The molecule has 0 aliphatic heterocycles. The fourth-order valence-electron chi connectivity index (χ4n) is 2.66. The summed E-state index contributed by atoms with van der Waals surface area (Å²) in [6.07, 6.45) is 8.46. The average molecular weight is 315 g/mol. The van der Waals surface area contributed by atoms with Gasteiger partial charge in [0.25, 0.3) is 0 Å². The zero-order valence-electron chi connectivity index (χ0n) is 13.6. The largest absolute Gasteiger partial charge is 0.268 e. The van der Waals surface area contributed by atoms with Gasteiger partial charge in [-0.15, -0.1) is 0 Å². The van der Waals surface area contributed by atoms with Gasteiger partial charge in [0.2, 0.25) is 10.0 Å². The number of nitrogens with zero attached hydrogens (tertiary/aromatic N) is 2. The van der Waals surface area contributed by atoms with E-state index in [1.54, 1.807) is 0 Å². The first-order valence-electron chi connectivity index (χ1n) is 8.07. The Hall–Kier alpha value is -0.880. The maximum absolute atomic E-state index is 11.8. The molecule has 0 saturated heterocycles. The summed E-state index contributed by atoms with van der Waals surface area (Å²) in [6.45, 7) is 6.84. The minimum absolute atomic E-state index is 0.249. The monoisotopic (exact) mass is 315 g/mol. The van der Waals surface area contributed by atoms with Crippen molar-refractivity contribution in [3.63, 3.8) is 0 Å². The number of unbranched alkanes of at least 4 members (excludes halogenated alkanes) is 5. The first-order valence-corrected chi connectivity index (χ1v) is 9.61. The molecule has 0 aromatic carbocycles. The molecule has 0 atom stereocenters. The van der Waals surface area contributed by atoms with Gasteiger partial charge in [-0.05, 0) is 19.3 Å². The molecule has 0 radical (unpaired) electrons. The summed E-state index contributed by atoms with van der Waals surface area (Å²) in [5.74, 6) is 0. The highest BCUT2D eigenvalue weighted by Gasteiger charge is 2.23. The van der Waals surface area contributed by atoms with Crippen molar-refractivity contribution in [1.82, 2.24) is 9.78 Å². The molecule has 1 aromatic rings. The summed E-state index contributed by atoms with van der Waals surface area (Å²) < 4.78 is 25.4. The van der Waals surface area contributed by atoms with E-state index < -0.39 is 10.0 Å². The third-order valence-electron chi connectivity index (χ3n) is 3.75. The highest BCUT2D eigenvalue weighted by Crippen LogP contribution is 2.21. The molecule has 1 rings (SSSR count). The Morgan fingerprint density at radius 1 is 1.00 bits per heavy atom. The summed E-state index contributed by atoms with van der Waals surface area (Å²) in [5.41, 5.74) is 1.35. The van der Waals surface area contributed by atoms with Crippen molar-refractivity contribution in [2.75, 3.05) is 0 Å². The van der Waals surface area contributed by atoms with E-state index in [0.717, 1.165) is 25.1 Å². The lowest BCUT2D eigenvalue weighted by Gasteiger charge is -2.07. The molecule has 0 amide bonds. The molecule has 0 fully saturated rings. The number of sulfonamides is 1. The van der Waals surface area contributed by atoms with E-state index in [2.05, 4.69) is 12.0 Å².